The van der Waals surface area contributed by atoms with Crippen molar-refractivity contribution in [2.24, 2.45) is 0 Å². The van der Waals surface area contributed by atoms with Crippen LogP contribution < -0.4 is 0 Å². The second kappa shape index (κ2) is 4.04. The van der Waals surface area contributed by atoms with E-state index in [1.807, 2.05) is 13.8 Å². The molecule has 17 heavy (non-hydrogen) atoms. The highest BCUT2D eigenvalue weighted by Crippen LogP contribution is 2.39. The molecule has 0 aliphatic heterocycles. The largest absolute Gasteiger partial charge is 0.493 e. The molecule has 0 aliphatic carbocycles. The molecule has 1 aromatic rings. The van der Waals surface area contributed by atoms with Crippen LogP contribution in [0.1, 0.15) is 72.7 Å². The molecule has 3 heteroatoms. The highest BCUT2D eigenvalue weighted by atomic mass is 16.3. The normalized spacial score (nSPS) is 13.5. The van der Waals surface area contributed by atoms with E-state index in [0.717, 1.165) is 11.3 Å². The predicted octanol–water partition coefficient (Wildman–Crippen LogP) is 3.76. The van der Waals surface area contributed by atoms with Gasteiger partial charge in [-0.3, -0.25) is 0 Å². The number of aromatic nitrogens is 2. The van der Waals surface area contributed by atoms with Crippen LogP contribution in [0.15, 0.2) is 0 Å². The summed E-state index contributed by atoms with van der Waals surface area (Å²) in [7, 11) is 0. The van der Waals surface area contributed by atoms with Crippen LogP contribution in [0.25, 0.3) is 0 Å². The van der Waals surface area contributed by atoms with Crippen LogP contribution in [0.2, 0.25) is 0 Å². The van der Waals surface area contributed by atoms with Gasteiger partial charge in [-0.2, -0.15) is 5.10 Å². The Labute approximate surface area is 105 Å². The van der Waals surface area contributed by atoms with E-state index in [4.69, 9.17) is 0 Å². The number of nitrogens with zero attached hydrogens (tertiary/aromatic N) is 2. The average Bonchev–Trinajstić information content (AvgIpc) is 2.40. The first-order chi connectivity index (χ1) is 7.46. The lowest BCUT2D eigenvalue weighted by Crippen LogP contribution is -2.21. The first-order valence-corrected chi connectivity index (χ1v) is 6.28. The Morgan fingerprint density at radius 1 is 1.00 bits per heavy atom. The molecular weight excluding hydrogens is 212 g/mol. The van der Waals surface area contributed by atoms with Gasteiger partial charge in [0.25, 0.3) is 0 Å². The maximum absolute atomic E-state index is 10.4. The zero-order valence-corrected chi connectivity index (χ0v) is 12.4. The van der Waals surface area contributed by atoms with Crippen LogP contribution in [0.3, 0.4) is 0 Å². The molecule has 0 saturated heterocycles. The van der Waals surface area contributed by atoms with Gasteiger partial charge in [-0.25, -0.2) is 4.68 Å². The Bertz CT molecular complexity index is 403. The summed E-state index contributed by atoms with van der Waals surface area (Å²) in [6.07, 6.45) is 0. The second-order valence-electron chi connectivity index (χ2n) is 7.09. The molecule has 98 valence electrons. The summed E-state index contributed by atoms with van der Waals surface area (Å²) in [6.45, 7) is 16.8. The molecule has 0 fully saturated rings. The van der Waals surface area contributed by atoms with Crippen LogP contribution in [-0.2, 0) is 10.8 Å². The molecular formula is C14H26N2O. The van der Waals surface area contributed by atoms with Gasteiger partial charge in [-0.15, -0.1) is 0 Å². The van der Waals surface area contributed by atoms with Crippen LogP contribution in [0.4, 0.5) is 0 Å². The highest BCUT2D eigenvalue weighted by molar-refractivity contribution is 5.40. The van der Waals surface area contributed by atoms with Gasteiger partial charge in [0.1, 0.15) is 0 Å². The maximum atomic E-state index is 10.4. The summed E-state index contributed by atoms with van der Waals surface area (Å²) in [5, 5.41) is 15.0. The molecule has 0 saturated carbocycles. The van der Waals surface area contributed by atoms with Crippen molar-refractivity contribution >= 4 is 0 Å². The van der Waals surface area contributed by atoms with E-state index in [9.17, 15) is 5.11 Å². The molecule has 0 radical (unpaired) electrons. The molecule has 0 bridgehead atoms. The lowest BCUT2D eigenvalue weighted by Gasteiger charge is -2.24. The molecule has 0 aliphatic rings. The van der Waals surface area contributed by atoms with Crippen molar-refractivity contribution in [2.45, 2.75) is 72.3 Å². The van der Waals surface area contributed by atoms with Gasteiger partial charge in [-0.1, -0.05) is 41.5 Å². The Morgan fingerprint density at radius 3 is 1.71 bits per heavy atom. The van der Waals surface area contributed by atoms with Gasteiger partial charge < -0.3 is 5.11 Å². The van der Waals surface area contributed by atoms with Gasteiger partial charge in [0.15, 0.2) is 0 Å². The Hall–Kier alpha value is -0.990. The zero-order valence-electron chi connectivity index (χ0n) is 12.4. The Kier molecular flexibility index (Phi) is 3.34. The minimum Gasteiger partial charge on any atom is -0.493 e. The minimum absolute atomic E-state index is 0.0553. The third kappa shape index (κ3) is 2.64. The van der Waals surface area contributed by atoms with Crippen LogP contribution in [0.5, 0.6) is 5.88 Å². The molecule has 0 unspecified atom stereocenters. The molecule has 1 N–H and O–H groups in total. The SMILES string of the molecule is CC(C)n1nc(C(C)(C)C)c(C(C)(C)C)c1O. The fourth-order valence-electron chi connectivity index (χ4n) is 2.00. The van der Waals surface area contributed by atoms with E-state index < -0.39 is 0 Å². The molecule has 0 aromatic carbocycles. The third-order valence-corrected chi connectivity index (χ3v) is 2.83. The first-order valence-electron chi connectivity index (χ1n) is 6.28. The van der Waals surface area contributed by atoms with Gasteiger partial charge >= 0.3 is 0 Å². The number of hydrogen-bond donors (Lipinski definition) is 1. The number of rotatable bonds is 1. The topological polar surface area (TPSA) is 38.0 Å². The molecule has 1 rings (SSSR count). The van der Waals surface area contributed by atoms with Crippen molar-refractivity contribution in [3.05, 3.63) is 11.3 Å². The van der Waals surface area contributed by atoms with Gasteiger partial charge in [0.05, 0.1) is 11.7 Å². The molecule has 0 atom stereocenters. The van der Waals surface area contributed by atoms with Gasteiger partial charge in [-0.05, 0) is 19.3 Å². The quantitative estimate of drug-likeness (QED) is 0.809. The molecule has 0 spiro atoms. The summed E-state index contributed by atoms with van der Waals surface area (Å²) < 4.78 is 1.72. The summed E-state index contributed by atoms with van der Waals surface area (Å²) in [5.74, 6) is 0.317. The second-order valence-corrected chi connectivity index (χ2v) is 7.09. The molecule has 1 heterocycles. The fraction of sp³-hybridized carbons (Fsp3) is 0.786. The summed E-state index contributed by atoms with van der Waals surface area (Å²) in [6, 6.07) is 0.173. The zero-order chi connectivity index (χ0) is 13.6. The molecule has 0 amide bonds. The van der Waals surface area contributed by atoms with E-state index in [1.54, 1.807) is 4.68 Å². The third-order valence-electron chi connectivity index (χ3n) is 2.83. The van der Waals surface area contributed by atoms with E-state index in [0.29, 0.717) is 5.88 Å². The summed E-state index contributed by atoms with van der Waals surface area (Å²) >= 11 is 0. The average molecular weight is 238 g/mol. The molecule has 3 nitrogen and oxygen atoms in total. The highest BCUT2D eigenvalue weighted by Gasteiger charge is 2.33. The van der Waals surface area contributed by atoms with Crippen molar-refractivity contribution in [1.29, 1.82) is 0 Å². The number of aromatic hydroxyl groups is 1. The predicted molar refractivity (Wildman–Crippen MR) is 71.7 cm³/mol. The number of hydrogen-bond acceptors (Lipinski definition) is 2. The van der Waals surface area contributed by atoms with Crippen LogP contribution >= 0.6 is 0 Å². The van der Waals surface area contributed by atoms with Crippen molar-refractivity contribution in [1.82, 2.24) is 9.78 Å². The lowest BCUT2D eigenvalue weighted by atomic mass is 9.79. The van der Waals surface area contributed by atoms with Crippen LogP contribution in [0, 0.1) is 0 Å². The van der Waals surface area contributed by atoms with Crippen LogP contribution in [-0.4, -0.2) is 14.9 Å². The van der Waals surface area contributed by atoms with Gasteiger partial charge in [0.2, 0.25) is 5.88 Å². The van der Waals surface area contributed by atoms with E-state index in [2.05, 4.69) is 46.6 Å². The Morgan fingerprint density at radius 2 is 1.47 bits per heavy atom. The summed E-state index contributed by atoms with van der Waals surface area (Å²) in [4.78, 5) is 0. The van der Waals surface area contributed by atoms with Crippen molar-refractivity contribution < 1.29 is 5.11 Å². The standard InChI is InChI=1S/C14H26N2O/c1-9(2)16-12(17)10(13(3,4)5)11(15-16)14(6,7)8/h9,17H,1-8H3. The monoisotopic (exact) mass is 238 g/mol. The van der Waals surface area contributed by atoms with E-state index in [-0.39, 0.29) is 16.9 Å². The fourth-order valence-corrected chi connectivity index (χ4v) is 2.00. The lowest BCUT2D eigenvalue weighted by molar-refractivity contribution is 0.365. The minimum atomic E-state index is -0.0974. The van der Waals surface area contributed by atoms with Crippen molar-refractivity contribution in [2.75, 3.05) is 0 Å². The van der Waals surface area contributed by atoms with Crippen molar-refractivity contribution in [3.63, 3.8) is 0 Å². The molecule has 1 aromatic heterocycles. The maximum Gasteiger partial charge on any atom is 0.213 e. The van der Waals surface area contributed by atoms with E-state index in [1.165, 1.54) is 0 Å². The first kappa shape index (κ1) is 14.1. The summed E-state index contributed by atoms with van der Waals surface area (Å²) in [5.41, 5.74) is 1.81. The van der Waals surface area contributed by atoms with Gasteiger partial charge in [0, 0.05) is 11.0 Å². The smallest absolute Gasteiger partial charge is 0.213 e. The van der Waals surface area contributed by atoms with E-state index >= 15 is 0 Å². The van der Waals surface area contributed by atoms with Crippen molar-refractivity contribution in [3.8, 4) is 5.88 Å². The Balaban J connectivity index is 3.55.